The third-order valence-electron chi connectivity index (χ3n) is 3.19. The van der Waals surface area contributed by atoms with Gasteiger partial charge in [0.05, 0.1) is 17.5 Å². The first-order valence-corrected chi connectivity index (χ1v) is 6.46. The summed E-state index contributed by atoms with van der Waals surface area (Å²) in [6.45, 7) is 0.426. The van der Waals surface area contributed by atoms with E-state index in [0.717, 1.165) is 0 Å². The smallest absolute Gasteiger partial charge is 0.335 e. The second kappa shape index (κ2) is 5.24. The van der Waals surface area contributed by atoms with Crippen LogP contribution in [-0.2, 0) is 16.2 Å². The molecule has 6 nitrogen and oxygen atoms in total. The number of aromatic nitrogens is 1. The predicted molar refractivity (Wildman–Crippen MR) is 72.1 cm³/mol. The summed E-state index contributed by atoms with van der Waals surface area (Å²) in [5.41, 5.74) is 0.501. The van der Waals surface area contributed by atoms with E-state index in [0.29, 0.717) is 11.6 Å². The molecular formula is C15H12N2O4. The van der Waals surface area contributed by atoms with E-state index in [1.807, 2.05) is 29.1 Å². The lowest BCUT2D eigenvalue weighted by atomic mass is 10.1. The van der Waals surface area contributed by atoms with Gasteiger partial charge >= 0.3 is 5.97 Å². The zero-order valence-electron chi connectivity index (χ0n) is 11.1. The van der Waals surface area contributed by atoms with E-state index >= 15 is 0 Å². The third kappa shape index (κ3) is 2.43. The van der Waals surface area contributed by atoms with Crippen LogP contribution in [0, 0.1) is 0 Å². The van der Waals surface area contributed by atoms with Gasteiger partial charge in [-0.15, -0.1) is 0 Å². The number of amides is 2. The molecule has 0 atom stereocenters. The average Bonchev–Trinajstić information content (AvgIpc) is 3.09. The molecule has 0 saturated heterocycles. The van der Waals surface area contributed by atoms with E-state index in [9.17, 15) is 14.4 Å². The van der Waals surface area contributed by atoms with Crippen LogP contribution in [0.15, 0.2) is 48.8 Å². The maximum absolute atomic E-state index is 12.0. The fourth-order valence-corrected chi connectivity index (χ4v) is 2.14. The maximum atomic E-state index is 12.0. The van der Waals surface area contributed by atoms with Crippen molar-refractivity contribution in [3.63, 3.8) is 0 Å². The topological polar surface area (TPSA) is 68.6 Å². The van der Waals surface area contributed by atoms with Gasteiger partial charge in [0, 0.05) is 18.9 Å². The van der Waals surface area contributed by atoms with Gasteiger partial charge in [0.2, 0.25) is 0 Å². The number of hydrogen-bond donors (Lipinski definition) is 0. The average molecular weight is 284 g/mol. The van der Waals surface area contributed by atoms with Crippen molar-refractivity contribution in [2.45, 2.75) is 13.0 Å². The number of rotatable bonds is 4. The molecule has 0 bridgehead atoms. The minimum atomic E-state index is -0.627. The fraction of sp³-hybridized carbons (Fsp3) is 0.133. The molecule has 0 aliphatic carbocycles. The molecule has 0 unspecified atom stereocenters. The van der Waals surface area contributed by atoms with Gasteiger partial charge in [0.25, 0.3) is 11.8 Å². The van der Waals surface area contributed by atoms with Crippen LogP contribution >= 0.6 is 0 Å². The molecule has 106 valence electrons. The van der Waals surface area contributed by atoms with Crippen LogP contribution < -0.4 is 0 Å². The van der Waals surface area contributed by atoms with Crippen LogP contribution in [0.3, 0.4) is 0 Å². The largest absolute Gasteiger partial charge is 0.354 e. The van der Waals surface area contributed by atoms with Crippen molar-refractivity contribution in [3.05, 3.63) is 59.9 Å². The molecule has 3 rings (SSSR count). The fourth-order valence-electron chi connectivity index (χ4n) is 2.14. The van der Waals surface area contributed by atoms with Crippen LogP contribution in [0.5, 0.6) is 0 Å². The number of hydrogen-bond acceptors (Lipinski definition) is 4. The van der Waals surface area contributed by atoms with Gasteiger partial charge in [-0.25, -0.2) is 4.79 Å². The van der Waals surface area contributed by atoms with Gasteiger partial charge in [-0.3, -0.25) is 9.59 Å². The molecule has 1 aliphatic rings. The van der Waals surface area contributed by atoms with Gasteiger partial charge in [0.15, 0.2) is 0 Å². The van der Waals surface area contributed by atoms with Gasteiger partial charge in [-0.05, 0) is 24.3 Å². The molecule has 1 aromatic carbocycles. The summed E-state index contributed by atoms with van der Waals surface area (Å²) >= 11 is 0. The highest BCUT2D eigenvalue weighted by molar-refractivity contribution is 6.20. The van der Waals surface area contributed by atoms with Crippen LogP contribution in [0.4, 0.5) is 0 Å². The molecule has 2 aromatic rings. The lowest BCUT2D eigenvalue weighted by Gasteiger charge is -2.12. The lowest BCUT2D eigenvalue weighted by Crippen LogP contribution is -2.32. The van der Waals surface area contributed by atoms with Gasteiger partial charge in [-0.1, -0.05) is 17.2 Å². The number of nitrogens with zero attached hydrogens (tertiary/aromatic N) is 2. The minimum absolute atomic E-state index is 0.0715. The summed E-state index contributed by atoms with van der Waals surface area (Å²) < 4.78 is 1.81. The van der Waals surface area contributed by atoms with Crippen LogP contribution in [0.1, 0.15) is 27.1 Å². The van der Waals surface area contributed by atoms with Crippen LogP contribution in [0.2, 0.25) is 0 Å². The molecule has 21 heavy (non-hydrogen) atoms. The highest BCUT2D eigenvalue weighted by atomic mass is 16.7. The maximum Gasteiger partial charge on any atom is 0.335 e. The summed E-state index contributed by atoms with van der Waals surface area (Å²) in [4.78, 5) is 40.6. The number of aryl methyl sites for hydroxylation is 1. The first kappa shape index (κ1) is 13.1. The van der Waals surface area contributed by atoms with E-state index in [2.05, 4.69) is 0 Å². The number of fused-ring (bicyclic) bond motifs is 1. The van der Waals surface area contributed by atoms with Gasteiger partial charge in [-0.2, -0.15) is 0 Å². The van der Waals surface area contributed by atoms with Crippen molar-refractivity contribution in [1.29, 1.82) is 0 Å². The Kier molecular flexibility index (Phi) is 3.27. The highest BCUT2D eigenvalue weighted by Gasteiger charge is 2.38. The normalized spacial score (nSPS) is 13.4. The van der Waals surface area contributed by atoms with Crippen molar-refractivity contribution in [2.75, 3.05) is 0 Å². The van der Waals surface area contributed by atoms with Crippen molar-refractivity contribution in [2.24, 2.45) is 0 Å². The van der Waals surface area contributed by atoms with E-state index < -0.39 is 17.8 Å². The minimum Gasteiger partial charge on any atom is -0.354 e. The van der Waals surface area contributed by atoms with Crippen molar-refractivity contribution < 1.29 is 19.2 Å². The molecule has 0 saturated carbocycles. The molecule has 0 radical (unpaired) electrons. The van der Waals surface area contributed by atoms with Gasteiger partial charge in [0.1, 0.15) is 0 Å². The molecule has 0 fully saturated rings. The number of benzene rings is 1. The molecule has 6 heteroatoms. The van der Waals surface area contributed by atoms with Crippen molar-refractivity contribution in [3.8, 4) is 0 Å². The first-order valence-electron chi connectivity index (χ1n) is 6.46. The second-order valence-electron chi connectivity index (χ2n) is 4.58. The number of imide groups is 1. The number of carbonyl (C=O) groups is 3. The van der Waals surface area contributed by atoms with Crippen LogP contribution in [0.25, 0.3) is 0 Å². The number of hydroxylamine groups is 2. The molecular weight excluding hydrogens is 272 g/mol. The second-order valence-corrected chi connectivity index (χ2v) is 4.58. The lowest BCUT2D eigenvalue weighted by molar-refractivity contribution is -0.168. The zero-order valence-corrected chi connectivity index (χ0v) is 11.1. The number of carbonyl (C=O) groups excluding carboxylic acids is 3. The Labute approximate surface area is 120 Å². The van der Waals surface area contributed by atoms with Crippen LogP contribution in [-0.4, -0.2) is 27.4 Å². The summed E-state index contributed by atoms with van der Waals surface area (Å²) in [5, 5.41) is 0.530. The highest BCUT2D eigenvalue weighted by Crippen LogP contribution is 2.22. The summed E-state index contributed by atoms with van der Waals surface area (Å²) in [5.74, 6) is -1.84. The first-order chi connectivity index (χ1) is 10.2. The Balaban J connectivity index is 1.65. The summed E-state index contributed by atoms with van der Waals surface area (Å²) in [6, 6.07) is 10.1. The Bertz CT molecular complexity index is 671. The van der Waals surface area contributed by atoms with E-state index in [-0.39, 0.29) is 17.5 Å². The molecule has 0 N–H and O–H groups in total. The molecule has 2 amide bonds. The van der Waals surface area contributed by atoms with E-state index in [1.165, 1.54) is 12.1 Å². The van der Waals surface area contributed by atoms with Crippen molar-refractivity contribution >= 4 is 17.8 Å². The summed E-state index contributed by atoms with van der Waals surface area (Å²) in [7, 11) is 0. The Morgan fingerprint density at radius 3 is 2.10 bits per heavy atom. The Morgan fingerprint density at radius 2 is 1.52 bits per heavy atom. The van der Waals surface area contributed by atoms with Crippen molar-refractivity contribution in [1.82, 2.24) is 9.63 Å². The zero-order chi connectivity index (χ0) is 14.8. The third-order valence-corrected chi connectivity index (χ3v) is 3.19. The van der Waals surface area contributed by atoms with E-state index in [1.54, 1.807) is 12.1 Å². The standard InChI is InChI=1S/C15H12N2O4/c18-13(7-10-16-8-3-4-9-16)21-17-14(19)11-5-1-2-6-12(11)15(17)20/h1-6,8-9H,7,10H2. The molecule has 1 aliphatic heterocycles. The molecule has 0 spiro atoms. The quantitative estimate of drug-likeness (QED) is 0.800. The predicted octanol–water partition coefficient (Wildman–Crippen LogP) is 1.63. The van der Waals surface area contributed by atoms with Gasteiger partial charge < -0.3 is 9.40 Å². The summed E-state index contributed by atoms with van der Waals surface area (Å²) in [6.07, 6.45) is 3.70. The Hall–Kier alpha value is -2.89. The monoisotopic (exact) mass is 284 g/mol. The SMILES string of the molecule is O=C(CCn1cccc1)ON1C(=O)c2ccccc2C1=O. The molecule has 1 aromatic heterocycles. The Morgan fingerprint density at radius 1 is 0.952 bits per heavy atom. The van der Waals surface area contributed by atoms with E-state index in [4.69, 9.17) is 4.84 Å². The molecule has 2 heterocycles.